The van der Waals surface area contributed by atoms with Gasteiger partial charge in [-0.2, -0.15) is 0 Å². The molecule has 0 aromatic heterocycles. The standard InChI is InChI=1S/C20H23ClN2O/c1-15-3-2-12-23(13-15)14-16-4-6-17(7-5-16)20(24)22-19-10-8-18(21)9-11-19/h4-11,15H,2-3,12-14H2,1H3,(H,22,24). The van der Waals surface area contributed by atoms with Crippen LogP contribution in [0.4, 0.5) is 5.69 Å². The Kier molecular flexibility index (Phi) is 5.54. The molecule has 1 unspecified atom stereocenters. The van der Waals surface area contributed by atoms with Crippen LogP contribution in [0.2, 0.25) is 5.02 Å². The zero-order valence-corrected chi connectivity index (χ0v) is 14.7. The van der Waals surface area contributed by atoms with E-state index in [1.165, 1.54) is 31.5 Å². The van der Waals surface area contributed by atoms with Gasteiger partial charge in [0.25, 0.3) is 5.91 Å². The van der Waals surface area contributed by atoms with Gasteiger partial charge >= 0.3 is 0 Å². The summed E-state index contributed by atoms with van der Waals surface area (Å²) in [6, 6.07) is 15.0. The predicted molar refractivity (Wildman–Crippen MR) is 99.5 cm³/mol. The number of anilines is 1. The number of nitrogens with one attached hydrogen (secondary N) is 1. The highest BCUT2D eigenvalue weighted by Crippen LogP contribution is 2.19. The van der Waals surface area contributed by atoms with Crippen molar-refractivity contribution in [2.75, 3.05) is 18.4 Å². The molecule has 1 aliphatic rings. The molecule has 1 atom stereocenters. The Morgan fingerprint density at radius 3 is 2.54 bits per heavy atom. The van der Waals surface area contributed by atoms with E-state index < -0.39 is 0 Å². The van der Waals surface area contributed by atoms with E-state index in [-0.39, 0.29) is 5.91 Å². The topological polar surface area (TPSA) is 32.3 Å². The van der Waals surface area contributed by atoms with E-state index in [2.05, 4.69) is 29.3 Å². The van der Waals surface area contributed by atoms with Gasteiger partial charge in [-0.1, -0.05) is 30.7 Å². The number of rotatable bonds is 4. The van der Waals surface area contributed by atoms with E-state index in [1.54, 1.807) is 24.3 Å². The molecule has 2 aromatic rings. The van der Waals surface area contributed by atoms with Crippen molar-refractivity contribution in [3.8, 4) is 0 Å². The lowest BCUT2D eigenvalue weighted by Crippen LogP contribution is -2.33. The van der Waals surface area contributed by atoms with Crippen molar-refractivity contribution < 1.29 is 4.79 Å². The Morgan fingerprint density at radius 2 is 1.88 bits per heavy atom. The number of nitrogens with zero attached hydrogens (tertiary/aromatic N) is 1. The van der Waals surface area contributed by atoms with Gasteiger partial charge < -0.3 is 5.32 Å². The molecule has 24 heavy (non-hydrogen) atoms. The molecule has 3 nitrogen and oxygen atoms in total. The van der Waals surface area contributed by atoms with E-state index in [0.717, 1.165) is 18.2 Å². The van der Waals surface area contributed by atoms with Gasteiger partial charge in [0.05, 0.1) is 0 Å². The molecule has 126 valence electrons. The minimum Gasteiger partial charge on any atom is -0.322 e. The van der Waals surface area contributed by atoms with Crippen LogP contribution >= 0.6 is 11.6 Å². The summed E-state index contributed by atoms with van der Waals surface area (Å²) in [7, 11) is 0. The number of amides is 1. The summed E-state index contributed by atoms with van der Waals surface area (Å²) in [6.45, 7) is 5.61. The number of likely N-dealkylation sites (tertiary alicyclic amines) is 1. The van der Waals surface area contributed by atoms with Crippen molar-refractivity contribution >= 4 is 23.2 Å². The Hall–Kier alpha value is -1.84. The molecule has 1 N–H and O–H groups in total. The van der Waals surface area contributed by atoms with Crippen LogP contribution in [-0.4, -0.2) is 23.9 Å². The molecule has 4 heteroatoms. The number of carbonyl (C=O) groups is 1. The number of carbonyl (C=O) groups excluding carboxylic acids is 1. The van der Waals surface area contributed by atoms with E-state index in [1.807, 2.05) is 12.1 Å². The van der Waals surface area contributed by atoms with Gasteiger partial charge in [-0.25, -0.2) is 0 Å². The first-order valence-corrected chi connectivity index (χ1v) is 8.86. The molecule has 0 aliphatic carbocycles. The molecule has 3 rings (SSSR count). The highest BCUT2D eigenvalue weighted by Gasteiger charge is 2.16. The Balaban J connectivity index is 1.59. The van der Waals surface area contributed by atoms with Crippen LogP contribution in [0.25, 0.3) is 0 Å². The molecule has 0 saturated carbocycles. The van der Waals surface area contributed by atoms with Crippen LogP contribution in [0, 0.1) is 5.92 Å². The van der Waals surface area contributed by atoms with E-state index in [9.17, 15) is 4.79 Å². The largest absolute Gasteiger partial charge is 0.322 e. The SMILES string of the molecule is CC1CCCN(Cc2ccc(C(=O)Nc3ccc(Cl)cc3)cc2)C1. The maximum Gasteiger partial charge on any atom is 0.255 e. The van der Waals surface area contributed by atoms with Crippen LogP contribution in [-0.2, 0) is 6.54 Å². The highest BCUT2D eigenvalue weighted by atomic mass is 35.5. The lowest BCUT2D eigenvalue weighted by molar-refractivity contribution is 0.102. The van der Waals surface area contributed by atoms with Gasteiger partial charge in [0.2, 0.25) is 0 Å². The van der Waals surface area contributed by atoms with E-state index in [0.29, 0.717) is 10.6 Å². The molecule has 1 aliphatic heterocycles. The molecule has 0 radical (unpaired) electrons. The van der Waals surface area contributed by atoms with Crippen LogP contribution in [0.3, 0.4) is 0 Å². The van der Waals surface area contributed by atoms with Crippen LogP contribution < -0.4 is 5.32 Å². The molecule has 1 amide bonds. The fourth-order valence-electron chi connectivity index (χ4n) is 3.19. The summed E-state index contributed by atoms with van der Waals surface area (Å²) in [4.78, 5) is 14.8. The van der Waals surface area contributed by atoms with Crippen molar-refractivity contribution in [1.82, 2.24) is 4.90 Å². The molecular weight excluding hydrogens is 320 g/mol. The second-order valence-corrected chi connectivity index (χ2v) is 7.08. The first-order valence-electron chi connectivity index (χ1n) is 8.48. The molecule has 0 spiro atoms. The summed E-state index contributed by atoms with van der Waals surface area (Å²) in [5, 5.41) is 3.54. The number of piperidine rings is 1. The normalized spacial score (nSPS) is 18.3. The summed E-state index contributed by atoms with van der Waals surface area (Å²) in [5.74, 6) is 0.679. The van der Waals surface area contributed by atoms with Gasteiger partial charge in [-0.05, 0) is 67.3 Å². The van der Waals surface area contributed by atoms with E-state index >= 15 is 0 Å². The molecule has 0 bridgehead atoms. The minimum atomic E-state index is -0.101. The smallest absolute Gasteiger partial charge is 0.255 e. The molecule has 1 saturated heterocycles. The third kappa shape index (κ3) is 4.59. The highest BCUT2D eigenvalue weighted by molar-refractivity contribution is 6.30. The molecule has 2 aromatic carbocycles. The molecule has 1 fully saturated rings. The first-order chi connectivity index (χ1) is 11.6. The Morgan fingerprint density at radius 1 is 1.17 bits per heavy atom. The van der Waals surface area contributed by atoms with Gasteiger partial charge in [-0.3, -0.25) is 9.69 Å². The number of hydrogen-bond acceptors (Lipinski definition) is 2. The van der Waals surface area contributed by atoms with Gasteiger partial charge in [-0.15, -0.1) is 0 Å². The van der Waals surface area contributed by atoms with Crippen molar-refractivity contribution in [2.45, 2.75) is 26.3 Å². The number of halogens is 1. The Labute approximate surface area is 148 Å². The third-order valence-corrected chi connectivity index (χ3v) is 4.72. The Bertz CT molecular complexity index is 682. The van der Waals surface area contributed by atoms with Gasteiger partial charge in [0.15, 0.2) is 0 Å². The molecule has 1 heterocycles. The second-order valence-electron chi connectivity index (χ2n) is 6.64. The van der Waals surface area contributed by atoms with Crippen LogP contribution in [0.15, 0.2) is 48.5 Å². The first kappa shape index (κ1) is 17.0. The van der Waals surface area contributed by atoms with Crippen LogP contribution in [0.5, 0.6) is 0 Å². The zero-order chi connectivity index (χ0) is 16.9. The average Bonchev–Trinajstić information content (AvgIpc) is 2.57. The maximum absolute atomic E-state index is 12.3. The number of hydrogen-bond donors (Lipinski definition) is 1. The van der Waals surface area contributed by atoms with Crippen molar-refractivity contribution in [2.24, 2.45) is 5.92 Å². The lowest BCUT2D eigenvalue weighted by Gasteiger charge is -2.30. The zero-order valence-electron chi connectivity index (χ0n) is 14.0. The van der Waals surface area contributed by atoms with Crippen molar-refractivity contribution in [3.63, 3.8) is 0 Å². The van der Waals surface area contributed by atoms with Crippen molar-refractivity contribution in [1.29, 1.82) is 0 Å². The molecular formula is C20H23ClN2O. The van der Waals surface area contributed by atoms with Crippen molar-refractivity contribution in [3.05, 3.63) is 64.7 Å². The fraction of sp³-hybridized carbons (Fsp3) is 0.350. The van der Waals surface area contributed by atoms with Gasteiger partial charge in [0.1, 0.15) is 0 Å². The summed E-state index contributed by atoms with van der Waals surface area (Å²) >= 11 is 5.85. The summed E-state index contributed by atoms with van der Waals surface area (Å²) < 4.78 is 0. The quantitative estimate of drug-likeness (QED) is 0.863. The van der Waals surface area contributed by atoms with Gasteiger partial charge in [0, 0.05) is 29.4 Å². The predicted octanol–water partition coefficient (Wildman–Crippen LogP) is 4.82. The fourth-order valence-corrected chi connectivity index (χ4v) is 3.31. The summed E-state index contributed by atoms with van der Waals surface area (Å²) in [5.41, 5.74) is 2.67. The maximum atomic E-state index is 12.3. The second kappa shape index (κ2) is 7.82. The monoisotopic (exact) mass is 342 g/mol. The van der Waals surface area contributed by atoms with E-state index in [4.69, 9.17) is 11.6 Å². The summed E-state index contributed by atoms with van der Waals surface area (Å²) in [6.07, 6.45) is 2.61. The third-order valence-electron chi connectivity index (χ3n) is 4.47. The number of benzene rings is 2. The minimum absolute atomic E-state index is 0.101. The van der Waals surface area contributed by atoms with Crippen LogP contribution in [0.1, 0.15) is 35.7 Å². The average molecular weight is 343 g/mol. The lowest BCUT2D eigenvalue weighted by atomic mass is 9.99.